The lowest BCUT2D eigenvalue weighted by molar-refractivity contribution is 0.498. The molecule has 0 saturated heterocycles. The number of hydrogen-bond acceptors (Lipinski definition) is 4. The molecule has 5 heteroatoms. The van der Waals surface area contributed by atoms with Gasteiger partial charge in [-0.3, -0.25) is 0 Å². The van der Waals surface area contributed by atoms with E-state index in [-0.39, 0.29) is 11.8 Å². The van der Waals surface area contributed by atoms with Crippen molar-refractivity contribution in [2.45, 2.75) is 38.1 Å². The molecule has 108 valence electrons. The average Bonchev–Trinajstić information content (AvgIpc) is 2.38. The molecule has 19 heavy (non-hydrogen) atoms. The molecular formula is C14H24N2O2S. The fraction of sp³-hybridized carbons (Fsp3) is 0.571. The van der Waals surface area contributed by atoms with Gasteiger partial charge in [0.1, 0.15) is 0 Å². The van der Waals surface area contributed by atoms with Gasteiger partial charge in [-0.1, -0.05) is 32.9 Å². The van der Waals surface area contributed by atoms with Crippen LogP contribution in [0.4, 0.5) is 5.69 Å². The van der Waals surface area contributed by atoms with Crippen molar-refractivity contribution in [1.82, 2.24) is 0 Å². The van der Waals surface area contributed by atoms with E-state index in [1.807, 2.05) is 12.1 Å². The molecule has 0 aliphatic carbocycles. The van der Waals surface area contributed by atoms with Crippen molar-refractivity contribution in [2.75, 3.05) is 17.6 Å². The Morgan fingerprint density at radius 3 is 2.42 bits per heavy atom. The molecule has 0 bridgehead atoms. The number of hydrogen-bond donors (Lipinski definition) is 2. The number of rotatable bonds is 7. The van der Waals surface area contributed by atoms with E-state index in [1.54, 1.807) is 19.1 Å². The first-order chi connectivity index (χ1) is 8.92. The summed E-state index contributed by atoms with van der Waals surface area (Å²) in [6, 6.07) is 7.24. The van der Waals surface area contributed by atoms with Crippen molar-refractivity contribution in [3.05, 3.63) is 24.3 Å². The average molecular weight is 284 g/mol. The van der Waals surface area contributed by atoms with Crippen LogP contribution in [-0.2, 0) is 9.84 Å². The van der Waals surface area contributed by atoms with Gasteiger partial charge < -0.3 is 11.1 Å². The van der Waals surface area contributed by atoms with E-state index < -0.39 is 9.84 Å². The van der Waals surface area contributed by atoms with Gasteiger partial charge in [0.25, 0.3) is 0 Å². The monoisotopic (exact) mass is 284 g/mol. The molecule has 0 aromatic heterocycles. The van der Waals surface area contributed by atoms with Gasteiger partial charge in [-0.15, -0.1) is 0 Å². The lowest BCUT2D eigenvalue weighted by atomic mass is 10.0. The molecule has 0 amide bonds. The van der Waals surface area contributed by atoms with Crippen LogP contribution < -0.4 is 11.1 Å². The molecule has 1 aromatic rings. The third-order valence-corrected chi connectivity index (χ3v) is 5.01. The molecule has 0 spiro atoms. The summed E-state index contributed by atoms with van der Waals surface area (Å²) in [4.78, 5) is 0.375. The zero-order valence-electron chi connectivity index (χ0n) is 11.9. The number of nitrogens with one attached hydrogen (secondary N) is 1. The second-order valence-electron chi connectivity index (χ2n) is 4.97. The highest BCUT2D eigenvalue weighted by Gasteiger charge is 2.19. The Morgan fingerprint density at radius 2 is 1.89 bits per heavy atom. The van der Waals surface area contributed by atoms with Gasteiger partial charge in [-0.05, 0) is 31.0 Å². The zero-order valence-corrected chi connectivity index (χ0v) is 12.7. The summed E-state index contributed by atoms with van der Waals surface area (Å²) in [6.07, 6.45) is 0.818. The fourth-order valence-electron chi connectivity index (χ4n) is 1.96. The van der Waals surface area contributed by atoms with E-state index in [4.69, 9.17) is 5.73 Å². The number of para-hydroxylation sites is 1. The van der Waals surface area contributed by atoms with Crippen molar-refractivity contribution < 1.29 is 8.42 Å². The summed E-state index contributed by atoms with van der Waals surface area (Å²) < 4.78 is 24.1. The first-order valence-corrected chi connectivity index (χ1v) is 8.36. The van der Waals surface area contributed by atoms with Crippen LogP contribution in [0.2, 0.25) is 0 Å². The molecule has 0 saturated carbocycles. The normalized spacial score (nSPS) is 13.5. The van der Waals surface area contributed by atoms with Gasteiger partial charge >= 0.3 is 0 Å². The summed E-state index contributed by atoms with van der Waals surface area (Å²) in [5.41, 5.74) is 6.29. The highest BCUT2D eigenvalue weighted by atomic mass is 32.2. The molecule has 0 heterocycles. The third-order valence-electron chi connectivity index (χ3n) is 3.23. The van der Waals surface area contributed by atoms with Crippen LogP contribution in [0.3, 0.4) is 0 Å². The first kappa shape index (κ1) is 16.0. The Bertz CT molecular complexity index is 498. The van der Waals surface area contributed by atoms with E-state index in [1.165, 1.54) is 0 Å². The maximum atomic E-state index is 12.1. The number of anilines is 1. The van der Waals surface area contributed by atoms with Crippen molar-refractivity contribution >= 4 is 15.5 Å². The van der Waals surface area contributed by atoms with E-state index in [9.17, 15) is 8.42 Å². The molecule has 0 fully saturated rings. The second kappa shape index (κ2) is 6.91. The van der Waals surface area contributed by atoms with Gasteiger partial charge in [0, 0.05) is 6.04 Å². The highest BCUT2D eigenvalue weighted by Crippen LogP contribution is 2.24. The lowest BCUT2D eigenvalue weighted by Crippen LogP contribution is -2.29. The van der Waals surface area contributed by atoms with Gasteiger partial charge in [0.2, 0.25) is 0 Å². The SMILES string of the molecule is CCS(=O)(=O)c1ccccc1NC(CCN)C(C)C. The van der Waals surface area contributed by atoms with Crippen molar-refractivity contribution in [1.29, 1.82) is 0 Å². The van der Waals surface area contributed by atoms with Gasteiger partial charge in [-0.2, -0.15) is 0 Å². The van der Waals surface area contributed by atoms with Crippen LogP contribution in [0.15, 0.2) is 29.2 Å². The van der Waals surface area contributed by atoms with Crippen LogP contribution >= 0.6 is 0 Å². The van der Waals surface area contributed by atoms with E-state index >= 15 is 0 Å². The predicted molar refractivity (Wildman–Crippen MR) is 80.1 cm³/mol. The first-order valence-electron chi connectivity index (χ1n) is 6.70. The van der Waals surface area contributed by atoms with Crippen molar-refractivity contribution in [3.63, 3.8) is 0 Å². The molecule has 0 radical (unpaired) electrons. The molecule has 3 N–H and O–H groups in total. The van der Waals surface area contributed by atoms with E-state index in [0.717, 1.165) is 6.42 Å². The Balaban J connectivity index is 3.07. The summed E-state index contributed by atoms with van der Waals surface area (Å²) in [5.74, 6) is 0.496. The van der Waals surface area contributed by atoms with Crippen molar-refractivity contribution in [3.8, 4) is 0 Å². The minimum Gasteiger partial charge on any atom is -0.381 e. The lowest BCUT2D eigenvalue weighted by Gasteiger charge is -2.24. The minimum absolute atomic E-state index is 0.106. The molecule has 4 nitrogen and oxygen atoms in total. The molecule has 1 unspecified atom stereocenters. The van der Waals surface area contributed by atoms with Crippen molar-refractivity contribution in [2.24, 2.45) is 11.7 Å². The Kier molecular flexibility index (Phi) is 5.82. The predicted octanol–water partition coefficient (Wildman–Crippen LogP) is 2.27. The molecule has 1 atom stereocenters. The van der Waals surface area contributed by atoms with Crippen LogP contribution in [0.1, 0.15) is 27.2 Å². The number of nitrogens with two attached hydrogens (primary N) is 1. The zero-order chi connectivity index (χ0) is 14.5. The Hall–Kier alpha value is -1.07. The third kappa shape index (κ3) is 4.21. The summed E-state index contributed by atoms with van der Waals surface area (Å²) in [7, 11) is -3.21. The largest absolute Gasteiger partial charge is 0.381 e. The van der Waals surface area contributed by atoms with Gasteiger partial charge in [0.15, 0.2) is 9.84 Å². The Morgan fingerprint density at radius 1 is 1.26 bits per heavy atom. The van der Waals surface area contributed by atoms with Crippen LogP contribution in [0, 0.1) is 5.92 Å². The standard InChI is InChI=1S/C14H24N2O2S/c1-4-19(17,18)14-8-6-5-7-13(14)16-12(9-10-15)11(2)3/h5-8,11-12,16H,4,9-10,15H2,1-3H3. The number of sulfone groups is 1. The molecule has 0 aliphatic heterocycles. The second-order valence-corrected chi connectivity index (χ2v) is 7.22. The Labute approximate surface area is 116 Å². The fourth-order valence-corrected chi connectivity index (χ4v) is 3.02. The molecule has 0 aliphatic rings. The number of benzene rings is 1. The molecule has 1 aromatic carbocycles. The maximum Gasteiger partial charge on any atom is 0.180 e. The topological polar surface area (TPSA) is 72.2 Å². The van der Waals surface area contributed by atoms with E-state index in [2.05, 4.69) is 19.2 Å². The summed E-state index contributed by atoms with van der Waals surface area (Å²) in [6.45, 7) is 6.44. The summed E-state index contributed by atoms with van der Waals surface area (Å²) >= 11 is 0. The van der Waals surface area contributed by atoms with Gasteiger partial charge in [-0.25, -0.2) is 8.42 Å². The quantitative estimate of drug-likeness (QED) is 0.805. The molecular weight excluding hydrogens is 260 g/mol. The maximum absolute atomic E-state index is 12.1. The van der Waals surface area contributed by atoms with Gasteiger partial charge in [0.05, 0.1) is 16.3 Å². The van der Waals surface area contributed by atoms with Crippen LogP contribution in [0.25, 0.3) is 0 Å². The summed E-state index contributed by atoms with van der Waals surface area (Å²) in [5, 5.41) is 3.33. The minimum atomic E-state index is -3.21. The molecule has 1 rings (SSSR count). The highest BCUT2D eigenvalue weighted by molar-refractivity contribution is 7.91. The smallest absolute Gasteiger partial charge is 0.180 e. The van der Waals surface area contributed by atoms with Crippen LogP contribution in [-0.4, -0.2) is 26.8 Å². The van der Waals surface area contributed by atoms with Crippen LogP contribution in [0.5, 0.6) is 0 Å². The van der Waals surface area contributed by atoms with E-state index in [0.29, 0.717) is 23.0 Å².